The van der Waals surface area contributed by atoms with Crippen molar-refractivity contribution in [2.75, 3.05) is 0 Å². The van der Waals surface area contributed by atoms with E-state index in [1.165, 1.54) is 0 Å². The summed E-state index contributed by atoms with van der Waals surface area (Å²) in [4.78, 5) is 0. The number of hydrogen-bond donors (Lipinski definition) is 0. The lowest BCUT2D eigenvalue weighted by molar-refractivity contribution is 0.445. The molecule has 2 nitrogen and oxygen atoms in total. The summed E-state index contributed by atoms with van der Waals surface area (Å²) in [7, 11) is -2.73. The SMILES string of the molecule is C[Si](C)(C)O[SiH]([SiH3])O[Si](C)(C)C. The predicted octanol–water partition coefficient (Wildman–Crippen LogP) is 0.772. The van der Waals surface area contributed by atoms with Crippen molar-refractivity contribution in [3.05, 3.63) is 0 Å². The Morgan fingerprint density at radius 1 is 0.833 bits per heavy atom. The van der Waals surface area contributed by atoms with E-state index in [4.69, 9.17) is 8.23 Å². The number of rotatable bonds is 4. The molecule has 0 unspecified atom stereocenters. The smallest absolute Gasteiger partial charge is 0.268 e. The Bertz CT molecular complexity index is 121. The third kappa shape index (κ3) is 8.88. The summed E-state index contributed by atoms with van der Waals surface area (Å²) in [6.07, 6.45) is 0. The summed E-state index contributed by atoms with van der Waals surface area (Å²) in [6.45, 7) is 13.4. The Balaban J connectivity index is 3.83. The first-order valence-corrected chi connectivity index (χ1v) is 16.8. The van der Waals surface area contributed by atoms with E-state index in [0.29, 0.717) is 0 Å². The Kier molecular flexibility index (Phi) is 4.62. The minimum Gasteiger partial charge on any atom is -0.442 e. The molecule has 0 amide bonds. The van der Waals surface area contributed by atoms with Crippen LogP contribution in [0.1, 0.15) is 0 Å². The van der Waals surface area contributed by atoms with E-state index in [1.54, 1.807) is 0 Å². The maximum Gasteiger partial charge on any atom is 0.268 e. The van der Waals surface area contributed by atoms with Crippen LogP contribution in [0.4, 0.5) is 0 Å². The fraction of sp³-hybridized carbons (Fsp3) is 1.00. The summed E-state index contributed by atoms with van der Waals surface area (Å²) in [5, 5.41) is 0. The van der Waals surface area contributed by atoms with Crippen molar-refractivity contribution in [3.8, 4) is 0 Å². The molecular weight excluding hydrogens is 216 g/mol. The standard InChI is InChI=1S/C6H22O2Si4/c1-11(2,3)7-10(9)8-12(4,5)6/h10H,1-6,9H3. The highest BCUT2D eigenvalue weighted by molar-refractivity contribution is 7.02. The molecule has 0 aliphatic heterocycles. The quantitative estimate of drug-likeness (QED) is 0.674. The van der Waals surface area contributed by atoms with E-state index in [9.17, 15) is 0 Å². The van der Waals surface area contributed by atoms with Gasteiger partial charge in [-0.25, -0.2) is 0 Å². The van der Waals surface area contributed by atoms with Crippen LogP contribution in [0.15, 0.2) is 0 Å². The van der Waals surface area contributed by atoms with Gasteiger partial charge in [-0.3, -0.25) is 0 Å². The highest BCUT2D eigenvalue weighted by atomic mass is 29.2. The fourth-order valence-electron chi connectivity index (χ4n) is 1.02. The van der Waals surface area contributed by atoms with E-state index in [-0.39, 0.29) is 0 Å². The molecule has 0 atom stereocenters. The van der Waals surface area contributed by atoms with Crippen LogP contribution < -0.4 is 0 Å². The Morgan fingerprint density at radius 2 is 1.08 bits per heavy atom. The van der Waals surface area contributed by atoms with Crippen molar-refractivity contribution in [1.82, 2.24) is 0 Å². The van der Waals surface area contributed by atoms with Gasteiger partial charge in [-0.15, -0.1) is 0 Å². The van der Waals surface area contributed by atoms with Gasteiger partial charge in [-0.05, 0) is 39.3 Å². The molecule has 0 heterocycles. The van der Waals surface area contributed by atoms with Gasteiger partial charge in [0, 0.05) is 0 Å². The molecule has 0 bridgehead atoms. The zero-order valence-corrected chi connectivity index (χ0v) is 14.5. The van der Waals surface area contributed by atoms with Gasteiger partial charge >= 0.3 is 0 Å². The highest BCUT2D eigenvalue weighted by Crippen LogP contribution is 2.09. The van der Waals surface area contributed by atoms with Gasteiger partial charge in [0.05, 0.1) is 9.76 Å². The predicted molar refractivity (Wildman–Crippen MR) is 66.0 cm³/mol. The Hall–Kier alpha value is 0.788. The number of hydrogen-bond acceptors (Lipinski definition) is 2. The molecule has 6 heteroatoms. The van der Waals surface area contributed by atoms with Crippen molar-refractivity contribution in [1.29, 1.82) is 0 Å². The van der Waals surface area contributed by atoms with Gasteiger partial charge in [0.1, 0.15) is 0 Å². The van der Waals surface area contributed by atoms with E-state index in [0.717, 1.165) is 9.76 Å². The van der Waals surface area contributed by atoms with Crippen LogP contribution >= 0.6 is 0 Å². The van der Waals surface area contributed by atoms with Crippen molar-refractivity contribution in [2.24, 2.45) is 0 Å². The maximum atomic E-state index is 5.97. The second-order valence-electron chi connectivity index (χ2n) is 5.03. The fourth-order valence-corrected chi connectivity index (χ4v) is 22.3. The minimum absolute atomic E-state index is 1.11. The molecule has 0 spiro atoms. The lowest BCUT2D eigenvalue weighted by atomic mass is 11.8. The molecule has 0 N–H and O–H groups in total. The van der Waals surface area contributed by atoms with Crippen LogP contribution in [0.2, 0.25) is 39.3 Å². The maximum absolute atomic E-state index is 5.97. The summed E-state index contributed by atoms with van der Waals surface area (Å²) in [5.74, 6) is 0. The molecule has 0 rings (SSSR count). The monoisotopic (exact) mass is 238 g/mol. The van der Waals surface area contributed by atoms with Gasteiger partial charge in [0.25, 0.3) is 8.80 Å². The van der Waals surface area contributed by atoms with Crippen LogP contribution in [0, 0.1) is 0 Å². The van der Waals surface area contributed by atoms with Crippen molar-refractivity contribution >= 4 is 35.2 Å². The molecule has 0 aliphatic rings. The summed E-state index contributed by atoms with van der Waals surface area (Å²) in [5.41, 5.74) is 0. The summed E-state index contributed by atoms with van der Waals surface area (Å²) >= 11 is 0. The molecule has 0 saturated carbocycles. The molecule has 0 aliphatic carbocycles. The lowest BCUT2D eigenvalue weighted by Crippen LogP contribution is -2.43. The minimum atomic E-state index is -1.33. The van der Waals surface area contributed by atoms with Crippen LogP contribution in [0.5, 0.6) is 0 Å². The summed E-state index contributed by atoms with van der Waals surface area (Å²) in [6, 6.07) is 0. The van der Waals surface area contributed by atoms with Gasteiger partial charge in [0.2, 0.25) is 0 Å². The molecule has 0 aromatic rings. The average Bonchev–Trinajstić information content (AvgIpc) is 1.49. The molecule has 0 saturated heterocycles. The lowest BCUT2D eigenvalue weighted by Gasteiger charge is -2.28. The Labute approximate surface area is 83.0 Å². The molecule has 0 aromatic carbocycles. The summed E-state index contributed by atoms with van der Waals surface area (Å²) < 4.78 is 11.9. The molecule has 74 valence electrons. The normalized spacial score (nSPS) is 14.2. The van der Waals surface area contributed by atoms with Gasteiger partial charge in [-0.1, -0.05) is 0 Å². The zero-order chi connectivity index (χ0) is 9.99. The highest BCUT2D eigenvalue weighted by Gasteiger charge is 2.24. The first kappa shape index (κ1) is 12.8. The second kappa shape index (κ2) is 4.34. The molecule has 0 radical (unpaired) electrons. The topological polar surface area (TPSA) is 18.5 Å². The zero-order valence-electron chi connectivity index (χ0n) is 9.39. The largest absolute Gasteiger partial charge is 0.442 e. The van der Waals surface area contributed by atoms with Crippen LogP contribution in [-0.2, 0) is 8.23 Å². The molecule has 12 heavy (non-hydrogen) atoms. The average molecular weight is 239 g/mol. The Morgan fingerprint density at radius 3 is 1.25 bits per heavy atom. The first-order valence-electron chi connectivity index (χ1n) is 4.46. The van der Waals surface area contributed by atoms with E-state index >= 15 is 0 Å². The van der Waals surface area contributed by atoms with Gasteiger partial charge in [0.15, 0.2) is 16.6 Å². The molecule has 0 fully saturated rings. The van der Waals surface area contributed by atoms with E-state index < -0.39 is 25.4 Å². The van der Waals surface area contributed by atoms with Gasteiger partial charge < -0.3 is 8.23 Å². The third-order valence-electron chi connectivity index (χ3n) is 1.04. The van der Waals surface area contributed by atoms with Crippen molar-refractivity contribution < 1.29 is 8.23 Å². The van der Waals surface area contributed by atoms with Crippen LogP contribution in [0.3, 0.4) is 0 Å². The van der Waals surface area contributed by atoms with Crippen molar-refractivity contribution in [3.63, 3.8) is 0 Å². The van der Waals surface area contributed by atoms with Crippen LogP contribution in [-0.4, -0.2) is 35.2 Å². The van der Waals surface area contributed by atoms with Gasteiger partial charge in [-0.2, -0.15) is 0 Å². The first-order chi connectivity index (χ1) is 5.10. The van der Waals surface area contributed by atoms with E-state index in [1.807, 2.05) is 0 Å². The molecular formula is C6H22O2Si4. The molecule has 0 aromatic heterocycles. The van der Waals surface area contributed by atoms with Crippen molar-refractivity contribution in [2.45, 2.75) is 39.3 Å². The third-order valence-corrected chi connectivity index (χ3v) is 13.6. The van der Waals surface area contributed by atoms with Crippen LogP contribution in [0.25, 0.3) is 0 Å². The second-order valence-corrected chi connectivity index (χ2v) is 19.3. The van der Waals surface area contributed by atoms with E-state index in [2.05, 4.69) is 39.3 Å².